The van der Waals surface area contributed by atoms with Crippen LogP contribution in [-0.2, 0) is 37.9 Å². The summed E-state index contributed by atoms with van der Waals surface area (Å²) in [5, 5.41) is 1.98. The van der Waals surface area contributed by atoms with Crippen molar-refractivity contribution in [2.75, 3.05) is 0 Å². The van der Waals surface area contributed by atoms with Crippen molar-refractivity contribution in [3.63, 3.8) is 0 Å². The fourth-order valence-corrected chi connectivity index (χ4v) is 13.6. The zero-order valence-electron chi connectivity index (χ0n) is 71.0. The molecule has 0 saturated heterocycles. The van der Waals surface area contributed by atoms with E-state index in [0.29, 0.717) is 39.3 Å². The van der Waals surface area contributed by atoms with Gasteiger partial charge in [0.15, 0.2) is 0 Å². The average molecular weight is 1160 g/mol. The number of hydrogen-bond donors (Lipinski definition) is 0. The van der Waals surface area contributed by atoms with E-state index in [4.69, 9.17) is 17.9 Å². The monoisotopic (exact) mass is 1160 g/mol. The minimum absolute atomic E-state index is 0.151. The third-order valence-corrected chi connectivity index (χ3v) is 18.6. The maximum absolute atomic E-state index is 10.6. The molecule has 8 aromatic carbocycles. The average Bonchev–Trinajstić information content (AvgIpc) is 0.758. The number of nitrogens with zero attached hydrogens (tertiary/aromatic N) is 4. The SMILES string of the molecule is [2H]c1c([2H])c2c(c([2H])c1-c1cc3c4c(c1)n(-c1cccc(Oc5ccc6c7ccccc7n(-c7cc(C(C)(C)C)ccn7)c6c5)c1)[c-][n+]4-c1c(cc(C(C)(C)C)cc1C(C)(C)C)-c1cc4c(cc1-c1ccccc1-3)C(C)(C)CCC4(C)C)C(C([2H])([2H])[2H])(C([2H])([2H])[2H])C([2H])([2H])C([2H])([2H])C2(C([2H])([2H])[2H])C([2H])([2H])[2H]. The van der Waals surface area contributed by atoms with Crippen LogP contribution in [0.5, 0.6) is 11.5 Å². The van der Waals surface area contributed by atoms with Crippen LogP contribution in [0.1, 0.15) is 208 Å². The van der Waals surface area contributed by atoms with E-state index in [0.717, 1.165) is 90.7 Å². The lowest BCUT2D eigenvalue weighted by Gasteiger charge is -2.43. The molecule has 14 rings (SSSR count). The predicted molar refractivity (Wildman–Crippen MR) is 364 cm³/mol. The van der Waals surface area contributed by atoms with Crippen LogP contribution in [0.25, 0.3) is 94.5 Å². The van der Waals surface area contributed by atoms with E-state index in [1.165, 1.54) is 5.56 Å². The minimum atomic E-state index is -4.53. The molecule has 11 aromatic rings. The molecule has 3 aliphatic rings. The number of benzene rings is 8. The molecule has 2 aliphatic carbocycles. The fraction of sp³-hybridized carbons (Fsp3) is 0.341. The topological polar surface area (TPSA) is 35.9 Å². The zero-order chi connectivity index (χ0) is 77.5. The summed E-state index contributed by atoms with van der Waals surface area (Å²) in [5.41, 5.74) is -0.559. The Labute approximate surface area is 543 Å². The van der Waals surface area contributed by atoms with Gasteiger partial charge in [0.25, 0.3) is 6.33 Å². The van der Waals surface area contributed by atoms with Gasteiger partial charge in [0.1, 0.15) is 17.3 Å². The third kappa shape index (κ3) is 9.30. The second-order valence-electron chi connectivity index (χ2n) is 28.9. The molecule has 0 saturated carbocycles. The molecular formula is C82H86N4O. The summed E-state index contributed by atoms with van der Waals surface area (Å²) < 4.78 is 192. The summed E-state index contributed by atoms with van der Waals surface area (Å²) >= 11 is 0. The predicted octanol–water partition coefficient (Wildman–Crippen LogP) is 21.6. The summed E-state index contributed by atoms with van der Waals surface area (Å²) in [5.74, 6) is 1.60. The van der Waals surface area contributed by atoms with Gasteiger partial charge < -0.3 is 4.74 Å². The van der Waals surface area contributed by atoms with Crippen LogP contribution in [0.2, 0.25) is 0 Å². The van der Waals surface area contributed by atoms with Gasteiger partial charge in [-0.25, -0.2) is 4.98 Å². The highest BCUT2D eigenvalue weighted by Crippen LogP contribution is 2.54. The highest BCUT2D eigenvalue weighted by Gasteiger charge is 2.41. The molecule has 0 atom stereocenters. The van der Waals surface area contributed by atoms with Crippen LogP contribution < -0.4 is 9.30 Å². The number of para-hydroxylation sites is 1. The summed E-state index contributed by atoms with van der Waals surface area (Å²) in [6.45, 7) is 11.6. The number of fused-ring (bicyclic) bond motifs is 12. The van der Waals surface area contributed by atoms with Gasteiger partial charge in [-0.05, 0) is 208 Å². The van der Waals surface area contributed by atoms with Gasteiger partial charge in [-0.1, -0.05) is 208 Å². The molecule has 0 N–H and O–H groups in total. The molecule has 0 unspecified atom stereocenters. The first-order valence-electron chi connectivity index (χ1n) is 39.7. The quantitative estimate of drug-likeness (QED) is 0.127. The van der Waals surface area contributed by atoms with Crippen LogP contribution >= 0.6 is 0 Å². The molecule has 5 heteroatoms. The van der Waals surface area contributed by atoms with E-state index in [1.54, 1.807) is 16.7 Å². The van der Waals surface area contributed by atoms with Crippen molar-refractivity contribution >= 4 is 32.8 Å². The lowest BCUT2D eigenvalue weighted by Crippen LogP contribution is -2.36. The molecule has 3 aromatic heterocycles. The lowest BCUT2D eigenvalue weighted by molar-refractivity contribution is -0.572. The number of aromatic nitrogens is 4. The second-order valence-corrected chi connectivity index (χ2v) is 28.9. The Morgan fingerprint density at radius 1 is 0.529 bits per heavy atom. The molecule has 440 valence electrons. The fourth-order valence-electron chi connectivity index (χ4n) is 13.6. The van der Waals surface area contributed by atoms with E-state index < -0.39 is 96.6 Å². The van der Waals surface area contributed by atoms with E-state index in [1.807, 2.05) is 95.7 Å². The normalized spacial score (nSPS) is 21.5. The Kier molecular flexibility index (Phi) is 8.62. The summed E-state index contributed by atoms with van der Waals surface area (Å²) in [4.78, 5) is 4.90. The zero-order valence-corrected chi connectivity index (χ0v) is 52.0. The molecule has 0 bridgehead atoms. The first-order valence-corrected chi connectivity index (χ1v) is 30.2. The van der Waals surface area contributed by atoms with Crippen LogP contribution in [0, 0.1) is 6.33 Å². The molecule has 87 heavy (non-hydrogen) atoms. The number of ether oxygens (including phenoxy) is 1. The van der Waals surface area contributed by atoms with Crippen molar-refractivity contribution < 1.29 is 35.3 Å². The standard InChI is InChI=1S/C82H86N4O/c1-76(2,3)52-33-38-83-73(44-52)86-70-28-21-20-27-59(70)60-31-30-56(46-71(60)86)87-55-24-22-23-54(45-55)84-49-85-74-64(42-53(77(4,5)6)43-69(74)78(7,8)9)62-48-68-67(81(14,15)36-37-82(68,16)17)47-61(62)57-25-18-19-26-58(57)63-39-51(41-72(84)75(63)85)50-29-32-65-66(40-50)80(12,13)35-34-79(65,10)11/h18-33,38-48H,34-37H2,1-17H3/i10D3,11D3,12D3,13D3,29D,32D,34D2,35D2,40D. The van der Waals surface area contributed by atoms with Crippen molar-refractivity contribution in [2.24, 2.45) is 0 Å². The van der Waals surface area contributed by atoms with Gasteiger partial charge in [-0.15, -0.1) is 0 Å². The molecule has 1 aliphatic heterocycles. The Balaban J connectivity index is 1.14. The summed E-state index contributed by atoms with van der Waals surface area (Å²) in [6.07, 6.45) is -1.55. The van der Waals surface area contributed by atoms with E-state index in [2.05, 4.69) is 143 Å². The van der Waals surface area contributed by atoms with Crippen molar-refractivity contribution in [3.05, 3.63) is 209 Å². The van der Waals surface area contributed by atoms with Crippen molar-refractivity contribution in [1.82, 2.24) is 14.1 Å². The first kappa shape index (κ1) is 39.0. The highest BCUT2D eigenvalue weighted by molar-refractivity contribution is 6.09. The van der Waals surface area contributed by atoms with Crippen molar-refractivity contribution in [3.8, 4) is 73.2 Å². The minimum Gasteiger partial charge on any atom is -0.458 e. The van der Waals surface area contributed by atoms with Gasteiger partial charge in [-0.3, -0.25) is 13.7 Å². The smallest absolute Gasteiger partial charge is 0.269 e. The Bertz CT molecular complexity index is 5500. The Morgan fingerprint density at radius 3 is 1.86 bits per heavy atom. The maximum atomic E-state index is 10.6. The number of imidazole rings is 1. The van der Waals surface area contributed by atoms with Crippen LogP contribution in [0.4, 0.5) is 0 Å². The number of rotatable bonds is 5. The molecule has 0 radical (unpaired) electrons. The first-order chi connectivity index (χ1) is 48.8. The second kappa shape index (κ2) is 19.2. The van der Waals surface area contributed by atoms with Gasteiger partial charge in [-0.2, -0.15) is 0 Å². The Morgan fingerprint density at radius 2 is 1.17 bits per heavy atom. The van der Waals surface area contributed by atoms with Gasteiger partial charge >= 0.3 is 0 Å². The maximum Gasteiger partial charge on any atom is 0.269 e. The molecule has 5 nitrogen and oxygen atoms in total. The molecule has 0 amide bonds. The summed E-state index contributed by atoms with van der Waals surface area (Å²) in [7, 11) is 0. The van der Waals surface area contributed by atoms with Crippen LogP contribution in [0.3, 0.4) is 0 Å². The number of pyridine rings is 1. The molecular weight excluding hydrogens is 1060 g/mol. The van der Waals surface area contributed by atoms with Crippen molar-refractivity contribution in [1.29, 1.82) is 0 Å². The van der Waals surface area contributed by atoms with E-state index in [-0.39, 0.29) is 21.8 Å². The summed E-state index contributed by atoms with van der Waals surface area (Å²) in [6, 6.07) is 41.9. The van der Waals surface area contributed by atoms with E-state index in [9.17, 15) is 17.8 Å². The Hall–Kier alpha value is -8.02. The molecule has 0 fully saturated rings. The van der Waals surface area contributed by atoms with Gasteiger partial charge in [0, 0.05) is 45.0 Å². The lowest BCUT2D eigenvalue weighted by atomic mass is 9.62. The third-order valence-electron chi connectivity index (χ3n) is 18.6. The largest absolute Gasteiger partial charge is 0.458 e. The molecule has 4 heterocycles. The number of hydrogen-bond acceptors (Lipinski definition) is 2. The van der Waals surface area contributed by atoms with Gasteiger partial charge in [0.05, 0.1) is 37.6 Å². The van der Waals surface area contributed by atoms with Crippen molar-refractivity contribution in [2.45, 2.75) is 181 Å². The van der Waals surface area contributed by atoms with E-state index >= 15 is 0 Å². The highest BCUT2D eigenvalue weighted by atomic mass is 16.5. The van der Waals surface area contributed by atoms with Gasteiger partial charge in [0.2, 0.25) is 0 Å². The van der Waals surface area contributed by atoms with Crippen LogP contribution in [-0.4, -0.2) is 14.1 Å². The van der Waals surface area contributed by atoms with Crippen LogP contribution in [0.15, 0.2) is 164 Å². The molecule has 0 spiro atoms.